The van der Waals surface area contributed by atoms with Gasteiger partial charge in [0, 0.05) is 21.2 Å². The molecule has 8 nitrogen and oxygen atoms in total. The first-order valence-corrected chi connectivity index (χ1v) is 13.0. The summed E-state index contributed by atoms with van der Waals surface area (Å²) in [5.41, 5.74) is 3.61. The first kappa shape index (κ1) is 26.5. The lowest BCUT2D eigenvalue weighted by atomic mass is 10.1. The molecule has 3 aromatic carbocycles. The largest absolute Gasteiger partial charge is 0.490 e. The zero-order chi connectivity index (χ0) is 26.4. The number of halogens is 1. The molecule has 0 N–H and O–H groups in total. The monoisotopic (exact) mass is 538 g/mol. The summed E-state index contributed by atoms with van der Waals surface area (Å²) in [6.07, 6.45) is 0. The molecule has 4 rings (SSSR count). The van der Waals surface area contributed by atoms with Crippen LogP contribution >= 0.6 is 23.4 Å². The van der Waals surface area contributed by atoms with Crippen molar-refractivity contribution in [2.24, 2.45) is 0 Å². The van der Waals surface area contributed by atoms with Gasteiger partial charge in [0.05, 0.1) is 6.61 Å². The minimum Gasteiger partial charge on any atom is -0.490 e. The van der Waals surface area contributed by atoms with Crippen LogP contribution in [0.2, 0.25) is 5.02 Å². The Morgan fingerprint density at radius 1 is 1.03 bits per heavy atom. The van der Waals surface area contributed by atoms with Gasteiger partial charge in [-0.15, -0.1) is 10.2 Å². The fourth-order valence-corrected chi connectivity index (χ4v) is 5.12. The molecular formula is C27H27ClN4O4S. The number of ether oxygens (including phenoxy) is 2. The highest BCUT2D eigenvalue weighted by atomic mass is 35.5. The van der Waals surface area contributed by atoms with Crippen molar-refractivity contribution in [3.05, 3.63) is 104 Å². The lowest BCUT2D eigenvalue weighted by Gasteiger charge is -2.17. The Hall–Kier alpha value is -3.56. The number of nitro groups is 1. The van der Waals surface area contributed by atoms with E-state index in [0.717, 1.165) is 22.4 Å². The van der Waals surface area contributed by atoms with Crippen molar-refractivity contribution in [2.45, 2.75) is 37.8 Å². The van der Waals surface area contributed by atoms with E-state index in [2.05, 4.69) is 10.2 Å². The molecule has 0 aliphatic heterocycles. The van der Waals surface area contributed by atoms with Gasteiger partial charge in [-0.25, -0.2) is 0 Å². The number of aromatic nitrogens is 3. The smallest absolute Gasteiger partial charge is 0.220 e. The summed E-state index contributed by atoms with van der Waals surface area (Å²) in [7, 11) is 0. The average Bonchev–Trinajstić information content (AvgIpc) is 3.24. The molecule has 0 amide bonds. The van der Waals surface area contributed by atoms with Gasteiger partial charge in [-0.05, 0) is 56.7 Å². The first-order valence-electron chi connectivity index (χ1n) is 11.8. The second-order valence-electron chi connectivity index (χ2n) is 8.34. The number of nitrogens with zero attached hydrogens (tertiary/aromatic N) is 4. The third-order valence-corrected chi connectivity index (χ3v) is 7.18. The van der Waals surface area contributed by atoms with Crippen molar-refractivity contribution < 1.29 is 14.4 Å². The summed E-state index contributed by atoms with van der Waals surface area (Å²) in [5.74, 6) is 1.75. The van der Waals surface area contributed by atoms with E-state index in [4.69, 9.17) is 21.1 Å². The summed E-state index contributed by atoms with van der Waals surface area (Å²) < 4.78 is 13.7. The topological polar surface area (TPSA) is 92.3 Å². The van der Waals surface area contributed by atoms with Crippen molar-refractivity contribution in [2.75, 3.05) is 13.2 Å². The van der Waals surface area contributed by atoms with Gasteiger partial charge in [0.25, 0.3) is 0 Å². The van der Waals surface area contributed by atoms with Gasteiger partial charge >= 0.3 is 0 Å². The predicted molar refractivity (Wildman–Crippen MR) is 145 cm³/mol. The lowest BCUT2D eigenvalue weighted by molar-refractivity contribution is -0.479. The Balaban J connectivity index is 1.63. The summed E-state index contributed by atoms with van der Waals surface area (Å²) in [6.45, 7) is 6.14. The van der Waals surface area contributed by atoms with Crippen LogP contribution in [0.4, 0.5) is 0 Å². The van der Waals surface area contributed by atoms with E-state index in [9.17, 15) is 10.1 Å². The molecule has 1 heterocycles. The molecule has 0 saturated heterocycles. The molecule has 1 atom stereocenters. The van der Waals surface area contributed by atoms with Crippen molar-refractivity contribution >= 4 is 23.4 Å². The molecule has 0 aliphatic rings. The third-order valence-electron chi connectivity index (χ3n) is 5.63. The summed E-state index contributed by atoms with van der Waals surface area (Å²) in [5, 5.41) is 20.8. The number of thioether (sulfide) groups is 1. The standard InChI is InChI=1S/C27H27ClN4O4S/c1-4-35-25-15-20(11-14-24(25)36-17-21-7-5-6-8-23(21)28)26(16-31(33)34)37-27-30-29-19(3)32(27)22-12-9-18(2)10-13-22/h5-15,26H,4,16-17H2,1-3H3/t26-/m0/s1. The molecule has 4 aromatic rings. The van der Waals surface area contributed by atoms with E-state index in [1.54, 1.807) is 12.1 Å². The molecule has 0 fully saturated rings. The van der Waals surface area contributed by atoms with E-state index < -0.39 is 5.25 Å². The van der Waals surface area contributed by atoms with Crippen LogP contribution < -0.4 is 9.47 Å². The van der Waals surface area contributed by atoms with E-state index in [1.165, 1.54) is 11.8 Å². The zero-order valence-electron chi connectivity index (χ0n) is 20.8. The van der Waals surface area contributed by atoms with E-state index in [-0.39, 0.29) is 18.1 Å². The highest BCUT2D eigenvalue weighted by molar-refractivity contribution is 7.99. The van der Waals surface area contributed by atoms with Crippen LogP contribution in [0.5, 0.6) is 11.5 Å². The fourth-order valence-electron chi connectivity index (χ4n) is 3.77. The van der Waals surface area contributed by atoms with Gasteiger partial charge in [-0.3, -0.25) is 14.7 Å². The van der Waals surface area contributed by atoms with Crippen molar-refractivity contribution in [3.63, 3.8) is 0 Å². The minimum atomic E-state index is -0.528. The van der Waals surface area contributed by atoms with Crippen LogP contribution in [0.15, 0.2) is 71.9 Å². The molecule has 0 bridgehead atoms. The molecule has 0 saturated carbocycles. The second kappa shape index (κ2) is 12.1. The summed E-state index contributed by atoms with van der Waals surface area (Å²) in [6, 6.07) is 20.8. The highest BCUT2D eigenvalue weighted by Gasteiger charge is 2.25. The Morgan fingerprint density at radius 2 is 1.78 bits per heavy atom. The van der Waals surface area contributed by atoms with Crippen LogP contribution in [0.1, 0.15) is 34.7 Å². The zero-order valence-corrected chi connectivity index (χ0v) is 22.3. The minimum absolute atomic E-state index is 0.269. The quantitative estimate of drug-likeness (QED) is 0.120. The van der Waals surface area contributed by atoms with E-state index in [0.29, 0.717) is 34.1 Å². The van der Waals surface area contributed by atoms with E-state index >= 15 is 0 Å². The van der Waals surface area contributed by atoms with Gasteiger partial charge in [0.15, 0.2) is 16.7 Å². The molecule has 1 aromatic heterocycles. The Labute approximate surface area is 224 Å². The van der Waals surface area contributed by atoms with Gasteiger partial charge in [-0.2, -0.15) is 0 Å². The number of hydrogen-bond acceptors (Lipinski definition) is 7. The van der Waals surface area contributed by atoms with Crippen LogP contribution in [-0.4, -0.2) is 32.8 Å². The molecule has 37 heavy (non-hydrogen) atoms. The van der Waals surface area contributed by atoms with Gasteiger partial charge in [-0.1, -0.05) is 65.3 Å². The van der Waals surface area contributed by atoms with Gasteiger partial charge in [0.2, 0.25) is 6.54 Å². The second-order valence-corrected chi connectivity index (χ2v) is 9.92. The molecule has 192 valence electrons. The molecule has 0 unspecified atom stereocenters. The predicted octanol–water partition coefficient (Wildman–Crippen LogP) is 6.63. The summed E-state index contributed by atoms with van der Waals surface area (Å²) >= 11 is 7.55. The van der Waals surface area contributed by atoms with Crippen LogP contribution in [0.25, 0.3) is 5.69 Å². The van der Waals surface area contributed by atoms with Gasteiger partial charge in [0.1, 0.15) is 17.7 Å². The Kier molecular flexibility index (Phi) is 8.68. The fraction of sp³-hybridized carbons (Fsp3) is 0.259. The van der Waals surface area contributed by atoms with Crippen molar-refractivity contribution in [3.8, 4) is 17.2 Å². The molecule has 0 radical (unpaired) electrons. The molecule has 0 spiro atoms. The highest BCUT2D eigenvalue weighted by Crippen LogP contribution is 2.40. The van der Waals surface area contributed by atoms with Crippen LogP contribution in [0, 0.1) is 24.0 Å². The molecule has 0 aliphatic carbocycles. The number of hydrogen-bond donors (Lipinski definition) is 0. The Morgan fingerprint density at radius 3 is 2.49 bits per heavy atom. The lowest BCUT2D eigenvalue weighted by Crippen LogP contribution is -2.12. The normalized spacial score (nSPS) is 11.8. The maximum absolute atomic E-state index is 11.6. The first-order chi connectivity index (χ1) is 17.9. The number of rotatable bonds is 11. The maximum Gasteiger partial charge on any atom is 0.220 e. The molecule has 10 heteroatoms. The van der Waals surface area contributed by atoms with Crippen molar-refractivity contribution in [1.82, 2.24) is 14.8 Å². The maximum atomic E-state index is 11.6. The van der Waals surface area contributed by atoms with Gasteiger partial charge < -0.3 is 9.47 Å². The average molecular weight is 539 g/mol. The van der Waals surface area contributed by atoms with Crippen LogP contribution in [-0.2, 0) is 6.61 Å². The summed E-state index contributed by atoms with van der Waals surface area (Å²) in [4.78, 5) is 11.3. The van der Waals surface area contributed by atoms with Crippen LogP contribution in [0.3, 0.4) is 0 Å². The Bertz CT molecular complexity index is 1380. The SMILES string of the molecule is CCOc1cc([C@H](C[N+](=O)[O-])Sc2nnc(C)n2-c2ccc(C)cc2)ccc1OCc1ccccc1Cl. The molecular weight excluding hydrogens is 512 g/mol. The number of aryl methyl sites for hydroxylation is 2. The number of benzene rings is 3. The van der Waals surface area contributed by atoms with E-state index in [1.807, 2.05) is 79.9 Å². The van der Waals surface area contributed by atoms with Crippen molar-refractivity contribution in [1.29, 1.82) is 0 Å². The third kappa shape index (κ3) is 6.61.